The standard InChI is InChI=1S/C27H30F3N3O2/c1-25(2,3)14-17-7-6-12-26(15-17)16-31-24(35-26)23-32-20-11-10-18(13-21(20)33-23)19-8-4-5-9-22(19)34-27(28,29)30/h4-5,8-11,13,17H,6-7,12,14-16H2,1-3H3,(H,32,33). The van der Waals surface area contributed by atoms with E-state index in [4.69, 9.17) is 9.73 Å². The van der Waals surface area contributed by atoms with Crippen molar-refractivity contribution in [2.45, 2.75) is 64.8 Å². The summed E-state index contributed by atoms with van der Waals surface area (Å²) in [6, 6.07) is 11.4. The summed E-state index contributed by atoms with van der Waals surface area (Å²) < 4.78 is 49.2. The monoisotopic (exact) mass is 485 g/mol. The van der Waals surface area contributed by atoms with Crippen molar-refractivity contribution in [3.8, 4) is 16.9 Å². The van der Waals surface area contributed by atoms with E-state index in [1.165, 1.54) is 25.0 Å². The summed E-state index contributed by atoms with van der Waals surface area (Å²) in [7, 11) is 0. The lowest BCUT2D eigenvalue weighted by atomic mass is 9.72. The lowest BCUT2D eigenvalue weighted by molar-refractivity contribution is -0.274. The molecule has 1 aromatic heterocycles. The van der Waals surface area contributed by atoms with Crippen LogP contribution in [0.3, 0.4) is 0 Å². The molecule has 1 N–H and O–H groups in total. The molecule has 5 rings (SSSR count). The molecule has 3 aromatic rings. The smallest absolute Gasteiger partial charge is 0.467 e. The number of ether oxygens (including phenoxy) is 2. The Kier molecular flexibility index (Phi) is 5.80. The second-order valence-corrected chi connectivity index (χ2v) is 11.0. The van der Waals surface area contributed by atoms with Crippen LogP contribution in [0.15, 0.2) is 47.5 Å². The minimum absolute atomic E-state index is 0.244. The molecule has 2 heterocycles. The van der Waals surface area contributed by atoms with E-state index in [0.29, 0.717) is 46.3 Å². The van der Waals surface area contributed by atoms with Gasteiger partial charge in [-0.15, -0.1) is 13.2 Å². The number of nitrogens with one attached hydrogen (secondary N) is 1. The van der Waals surface area contributed by atoms with E-state index in [1.54, 1.807) is 30.3 Å². The zero-order valence-corrected chi connectivity index (χ0v) is 20.2. The van der Waals surface area contributed by atoms with Crippen LogP contribution in [-0.4, -0.2) is 34.4 Å². The molecule has 0 bridgehead atoms. The van der Waals surface area contributed by atoms with E-state index in [1.807, 2.05) is 0 Å². The molecule has 2 aromatic carbocycles. The normalized spacial score (nSPS) is 22.9. The first-order valence-corrected chi connectivity index (χ1v) is 12.1. The summed E-state index contributed by atoms with van der Waals surface area (Å²) in [5, 5.41) is 0. The Morgan fingerprint density at radius 1 is 1.14 bits per heavy atom. The Bertz CT molecular complexity index is 1260. The average molecular weight is 486 g/mol. The summed E-state index contributed by atoms with van der Waals surface area (Å²) in [4.78, 5) is 12.6. The van der Waals surface area contributed by atoms with Crippen LogP contribution in [0.25, 0.3) is 22.2 Å². The Morgan fingerprint density at radius 2 is 1.94 bits per heavy atom. The van der Waals surface area contributed by atoms with Crippen molar-refractivity contribution in [1.29, 1.82) is 0 Å². The van der Waals surface area contributed by atoms with Gasteiger partial charge in [0.2, 0.25) is 0 Å². The first-order valence-electron chi connectivity index (χ1n) is 12.1. The molecule has 1 spiro atoms. The average Bonchev–Trinajstić information content (AvgIpc) is 3.35. The van der Waals surface area contributed by atoms with Gasteiger partial charge in [0.05, 0.1) is 17.6 Å². The number of para-hydroxylation sites is 1. The number of halogens is 3. The number of rotatable bonds is 4. The minimum Gasteiger partial charge on any atom is -0.467 e. The largest absolute Gasteiger partial charge is 0.573 e. The van der Waals surface area contributed by atoms with Crippen molar-refractivity contribution in [3.05, 3.63) is 48.3 Å². The number of hydrogen-bond acceptors (Lipinski definition) is 4. The number of nitrogens with zero attached hydrogens (tertiary/aromatic N) is 2. The van der Waals surface area contributed by atoms with Gasteiger partial charge in [-0.2, -0.15) is 0 Å². The van der Waals surface area contributed by atoms with Gasteiger partial charge >= 0.3 is 6.36 Å². The predicted octanol–water partition coefficient (Wildman–Crippen LogP) is 7.27. The highest BCUT2D eigenvalue weighted by atomic mass is 19.4. The summed E-state index contributed by atoms with van der Waals surface area (Å²) in [5.74, 6) is 1.44. The number of alkyl halides is 3. The van der Waals surface area contributed by atoms with Crippen LogP contribution in [0, 0.1) is 11.3 Å². The maximum atomic E-state index is 12.9. The van der Waals surface area contributed by atoms with Crippen molar-refractivity contribution >= 4 is 16.9 Å². The van der Waals surface area contributed by atoms with Gasteiger partial charge < -0.3 is 14.5 Å². The molecule has 2 atom stereocenters. The van der Waals surface area contributed by atoms with Crippen LogP contribution in [0.1, 0.15) is 58.7 Å². The zero-order valence-electron chi connectivity index (χ0n) is 20.2. The maximum absolute atomic E-state index is 12.9. The second-order valence-electron chi connectivity index (χ2n) is 11.0. The molecule has 2 unspecified atom stereocenters. The molecule has 1 aliphatic carbocycles. The summed E-state index contributed by atoms with van der Waals surface area (Å²) in [6.07, 6.45) is 0.746. The molecule has 35 heavy (non-hydrogen) atoms. The van der Waals surface area contributed by atoms with Crippen LogP contribution in [0.5, 0.6) is 5.75 Å². The number of fused-ring (bicyclic) bond motifs is 1. The highest BCUT2D eigenvalue weighted by Crippen LogP contribution is 2.43. The number of benzene rings is 2. The summed E-state index contributed by atoms with van der Waals surface area (Å²) >= 11 is 0. The summed E-state index contributed by atoms with van der Waals surface area (Å²) in [6.45, 7) is 7.47. The molecule has 0 amide bonds. The number of aromatic nitrogens is 2. The Labute approximate surface area is 202 Å². The highest BCUT2D eigenvalue weighted by Gasteiger charge is 2.44. The van der Waals surface area contributed by atoms with Crippen LogP contribution in [0.4, 0.5) is 13.2 Å². The highest BCUT2D eigenvalue weighted by molar-refractivity contribution is 5.96. The molecular formula is C27H30F3N3O2. The zero-order chi connectivity index (χ0) is 24.8. The SMILES string of the molecule is CC(C)(C)CC1CCCC2(CN=C(c3nc4ccc(-c5ccccc5OC(F)(F)F)cc4[nH]3)O2)C1. The van der Waals surface area contributed by atoms with Gasteiger partial charge in [0.25, 0.3) is 5.90 Å². The quantitative estimate of drug-likeness (QED) is 0.423. The molecule has 186 valence electrons. The third kappa shape index (κ3) is 5.31. The van der Waals surface area contributed by atoms with Gasteiger partial charge in [0.1, 0.15) is 11.4 Å². The lowest BCUT2D eigenvalue weighted by Gasteiger charge is -2.39. The molecule has 0 radical (unpaired) electrons. The van der Waals surface area contributed by atoms with E-state index in [9.17, 15) is 13.2 Å². The molecule has 2 aliphatic rings. The predicted molar refractivity (Wildman–Crippen MR) is 129 cm³/mol. The van der Waals surface area contributed by atoms with Gasteiger partial charge in [0.15, 0.2) is 5.82 Å². The van der Waals surface area contributed by atoms with E-state index >= 15 is 0 Å². The number of aliphatic imine (C=N–C) groups is 1. The van der Waals surface area contributed by atoms with Crippen LogP contribution in [0.2, 0.25) is 0 Å². The van der Waals surface area contributed by atoms with Gasteiger partial charge in [-0.1, -0.05) is 51.5 Å². The lowest BCUT2D eigenvalue weighted by Crippen LogP contribution is -2.40. The van der Waals surface area contributed by atoms with Crippen LogP contribution < -0.4 is 4.74 Å². The fourth-order valence-corrected chi connectivity index (χ4v) is 5.53. The third-order valence-electron chi connectivity index (χ3n) is 6.74. The van der Waals surface area contributed by atoms with Crippen molar-refractivity contribution in [2.24, 2.45) is 16.3 Å². The number of aromatic amines is 1. The van der Waals surface area contributed by atoms with Crippen molar-refractivity contribution in [3.63, 3.8) is 0 Å². The first kappa shape index (κ1) is 23.7. The third-order valence-corrected chi connectivity index (χ3v) is 6.74. The molecule has 5 nitrogen and oxygen atoms in total. The molecular weight excluding hydrogens is 455 g/mol. The molecule has 1 fully saturated rings. The number of imidazole rings is 1. The van der Waals surface area contributed by atoms with Crippen molar-refractivity contribution in [2.75, 3.05) is 6.54 Å². The van der Waals surface area contributed by atoms with Gasteiger partial charge in [-0.05, 0) is 60.8 Å². The maximum Gasteiger partial charge on any atom is 0.573 e. The van der Waals surface area contributed by atoms with E-state index in [-0.39, 0.29) is 16.8 Å². The van der Waals surface area contributed by atoms with Crippen LogP contribution in [-0.2, 0) is 4.74 Å². The molecule has 1 saturated carbocycles. The van der Waals surface area contributed by atoms with Gasteiger partial charge in [0, 0.05) is 5.56 Å². The summed E-state index contributed by atoms with van der Waals surface area (Å²) in [5.41, 5.74) is 2.35. The molecule has 1 aliphatic heterocycles. The Balaban J connectivity index is 1.37. The van der Waals surface area contributed by atoms with Gasteiger partial charge in [-0.25, -0.2) is 9.98 Å². The number of H-pyrrole nitrogens is 1. The van der Waals surface area contributed by atoms with Crippen molar-refractivity contribution in [1.82, 2.24) is 9.97 Å². The van der Waals surface area contributed by atoms with Gasteiger partial charge in [-0.3, -0.25) is 0 Å². The fraction of sp³-hybridized carbons (Fsp3) is 0.481. The fourth-order valence-electron chi connectivity index (χ4n) is 5.53. The first-order chi connectivity index (χ1) is 16.5. The molecule has 0 saturated heterocycles. The van der Waals surface area contributed by atoms with E-state index in [2.05, 4.69) is 35.5 Å². The topological polar surface area (TPSA) is 59.5 Å². The molecule has 8 heteroatoms. The van der Waals surface area contributed by atoms with Crippen LogP contribution >= 0.6 is 0 Å². The second kappa shape index (κ2) is 8.57. The Morgan fingerprint density at radius 3 is 2.71 bits per heavy atom. The van der Waals surface area contributed by atoms with E-state index < -0.39 is 6.36 Å². The van der Waals surface area contributed by atoms with Crippen molar-refractivity contribution < 1.29 is 22.6 Å². The Hall–Kier alpha value is -3.03. The minimum atomic E-state index is -4.76. The van der Waals surface area contributed by atoms with E-state index in [0.717, 1.165) is 19.3 Å². The number of hydrogen-bond donors (Lipinski definition) is 1.